The number of methoxy groups -OCH3 is 1. The second-order valence-electron chi connectivity index (χ2n) is 11.3. The van der Waals surface area contributed by atoms with Crippen LogP contribution in [0.3, 0.4) is 0 Å². The van der Waals surface area contributed by atoms with Crippen LogP contribution >= 0.6 is 0 Å². The summed E-state index contributed by atoms with van der Waals surface area (Å²) in [6.45, 7) is 4.76. The lowest BCUT2D eigenvalue weighted by Gasteiger charge is -2.19. The van der Waals surface area contributed by atoms with Crippen LogP contribution in [0.4, 0.5) is 4.39 Å². The van der Waals surface area contributed by atoms with Crippen molar-refractivity contribution in [2.45, 2.75) is 51.7 Å². The number of carbonyl (C=O) groups excluding carboxylic acids is 1. The molecular formula is C35H34FNO6. The quantitative estimate of drug-likeness (QED) is 0.221. The van der Waals surface area contributed by atoms with E-state index in [-0.39, 0.29) is 29.7 Å². The first-order chi connectivity index (χ1) is 20.7. The van der Waals surface area contributed by atoms with Crippen LogP contribution in [0.5, 0.6) is 17.2 Å². The van der Waals surface area contributed by atoms with E-state index in [2.05, 4.69) is 0 Å². The molecule has 2 aliphatic rings. The number of carbonyl (C=O) groups is 1. The van der Waals surface area contributed by atoms with Crippen LogP contribution in [-0.4, -0.2) is 24.3 Å². The summed E-state index contributed by atoms with van der Waals surface area (Å²) in [4.78, 5) is 23.7. The molecule has 0 saturated carbocycles. The second-order valence-corrected chi connectivity index (χ2v) is 11.3. The molecule has 8 heteroatoms. The Hall–Kier alpha value is -4.59. The van der Waals surface area contributed by atoms with Gasteiger partial charge < -0.3 is 23.5 Å². The normalized spacial score (nSPS) is 16.8. The molecule has 0 radical (unpaired) electrons. The number of rotatable bonds is 8. The van der Waals surface area contributed by atoms with Crippen molar-refractivity contribution in [3.63, 3.8) is 0 Å². The van der Waals surface area contributed by atoms with Gasteiger partial charge in [-0.1, -0.05) is 12.1 Å². The molecule has 222 valence electrons. The van der Waals surface area contributed by atoms with Gasteiger partial charge >= 0.3 is 5.97 Å². The number of fused-ring (bicyclic) bond motifs is 2. The monoisotopic (exact) mass is 583 g/mol. The number of pyridine rings is 1. The van der Waals surface area contributed by atoms with Crippen LogP contribution in [0.2, 0.25) is 0 Å². The fraction of sp³-hybridized carbons (Fsp3) is 0.314. The molecular weight excluding hydrogens is 549 g/mol. The first-order valence-corrected chi connectivity index (χ1v) is 14.4. The number of aromatic nitrogens is 1. The summed E-state index contributed by atoms with van der Waals surface area (Å²) >= 11 is 0. The van der Waals surface area contributed by atoms with Gasteiger partial charge in [0.25, 0.3) is 5.56 Å². The Kier molecular flexibility index (Phi) is 7.69. The molecule has 1 aliphatic carbocycles. The third-order valence-electron chi connectivity index (χ3n) is 8.42. The zero-order valence-corrected chi connectivity index (χ0v) is 24.7. The summed E-state index contributed by atoms with van der Waals surface area (Å²) in [5.41, 5.74) is 7.32. The number of aryl methyl sites for hydroxylation is 3. The van der Waals surface area contributed by atoms with Crippen molar-refractivity contribution in [3.8, 4) is 28.4 Å². The molecule has 0 unspecified atom stereocenters. The van der Waals surface area contributed by atoms with Gasteiger partial charge in [-0.2, -0.15) is 0 Å². The molecule has 6 rings (SSSR count). The highest BCUT2D eigenvalue weighted by Gasteiger charge is 2.32. The van der Waals surface area contributed by atoms with Crippen LogP contribution in [0, 0.1) is 19.7 Å². The van der Waals surface area contributed by atoms with E-state index in [0.717, 1.165) is 38.9 Å². The minimum atomic E-state index is -0.429. The second kappa shape index (κ2) is 11.6. The molecule has 2 heterocycles. The molecule has 0 saturated heterocycles. The van der Waals surface area contributed by atoms with Crippen LogP contribution in [0.15, 0.2) is 65.6 Å². The highest BCUT2D eigenvalue weighted by Crippen LogP contribution is 2.45. The first-order valence-electron chi connectivity index (χ1n) is 14.4. The maximum atomic E-state index is 15.4. The maximum Gasteiger partial charge on any atom is 0.306 e. The van der Waals surface area contributed by atoms with Gasteiger partial charge in [0, 0.05) is 42.4 Å². The predicted molar refractivity (Wildman–Crippen MR) is 160 cm³/mol. The van der Waals surface area contributed by atoms with Crippen molar-refractivity contribution in [3.05, 3.63) is 110 Å². The fourth-order valence-corrected chi connectivity index (χ4v) is 6.25. The highest BCUT2D eigenvalue weighted by molar-refractivity contribution is 5.76. The molecule has 0 bridgehead atoms. The van der Waals surface area contributed by atoms with E-state index in [4.69, 9.17) is 18.9 Å². The number of ether oxygens (including phenoxy) is 4. The van der Waals surface area contributed by atoms with E-state index in [1.54, 1.807) is 19.3 Å². The molecule has 0 N–H and O–H groups in total. The summed E-state index contributed by atoms with van der Waals surface area (Å²) in [5, 5.41) is 0. The lowest BCUT2D eigenvalue weighted by molar-refractivity contribution is -0.141. The van der Waals surface area contributed by atoms with Gasteiger partial charge in [0.2, 0.25) is 0 Å². The zero-order chi connectivity index (χ0) is 30.2. The van der Waals surface area contributed by atoms with E-state index in [1.807, 2.05) is 56.3 Å². The van der Waals surface area contributed by atoms with Gasteiger partial charge in [0.1, 0.15) is 35.8 Å². The van der Waals surface area contributed by atoms with Gasteiger partial charge in [-0.25, -0.2) is 4.39 Å². The van der Waals surface area contributed by atoms with Gasteiger partial charge in [-0.15, -0.1) is 0 Å². The smallest absolute Gasteiger partial charge is 0.306 e. The van der Waals surface area contributed by atoms with Crippen molar-refractivity contribution < 1.29 is 28.1 Å². The van der Waals surface area contributed by atoms with Gasteiger partial charge in [0.15, 0.2) is 0 Å². The predicted octanol–water partition coefficient (Wildman–Crippen LogP) is 6.49. The summed E-state index contributed by atoms with van der Waals surface area (Å²) < 4.78 is 39.9. The number of benzene rings is 3. The molecule has 1 aromatic heterocycles. The first kappa shape index (κ1) is 28.5. The number of halogens is 1. The SMILES string of the molecule is COC(=O)C[C@@H]1COc2cc(O[C@@H]3CCc4c(-c5c(C)cc(OCc6ccn(C)c(=O)c6)cc5C)ccc(F)c43)ccc21. The van der Waals surface area contributed by atoms with E-state index in [1.165, 1.54) is 17.7 Å². The van der Waals surface area contributed by atoms with E-state index >= 15 is 4.39 Å². The van der Waals surface area contributed by atoms with Gasteiger partial charge in [-0.3, -0.25) is 9.59 Å². The fourth-order valence-electron chi connectivity index (χ4n) is 6.25. The van der Waals surface area contributed by atoms with Gasteiger partial charge in [0.05, 0.1) is 20.1 Å². The average Bonchev–Trinajstić information content (AvgIpc) is 3.59. The van der Waals surface area contributed by atoms with Crippen molar-refractivity contribution in [2.75, 3.05) is 13.7 Å². The lowest BCUT2D eigenvalue weighted by atomic mass is 9.90. The Labute approximate surface area is 249 Å². The topological polar surface area (TPSA) is 76.0 Å². The molecule has 4 aromatic rings. The Morgan fingerprint density at radius 2 is 1.84 bits per heavy atom. The van der Waals surface area contributed by atoms with Crippen LogP contribution in [0.25, 0.3) is 11.1 Å². The van der Waals surface area contributed by atoms with Crippen molar-refractivity contribution in [1.82, 2.24) is 4.57 Å². The molecule has 0 spiro atoms. The van der Waals surface area contributed by atoms with Crippen LogP contribution in [-0.2, 0) is 29.6 Å². The van der Waals surface area contributed by atoms with Gasteiger partial charge in [-0.05, 0) is 90.4 Å². The third-order valence-corrected chi connectivity index (χ3v) is 8.42. The molecule has 3 aromatic carbocycles. The van der Waals surface area contributed by atoms with Crippen molar-refractivity contribution in [1.29, 1.82) is 0 Å². The standard InChI is InChI=1S/C35H34FNO6/c1-20-13-25(41-18-22-11-12-37(3)32(38)15-22)14-21(2)34(20)27-7-9-29(36)35-28(27)8-10-30(35)43-24-5-6-26-23(16-33(39)40-4)19-42-31(26)17-24/h5-7,9,11-15,17,23,30H,8,10,16,18-19H2,1-4H3/t23-,30-/m1/s1. The average molecular weight is 584 g/mol. The summed E-state index contributed by atoms with van der Waals surface area (Å²) in [6, 6.07) is 16.4. The number of esters is 1. The minimum Gasteiger partial charge on any atom is -0.492 e. The Bertz CT molecular complexity index is 1750. The molecule has 1 aliphatic heterocycles. The third kappa shape index (κ3) is 5.61. The Morgan fingerprint density at radius 1 is 1.05 bits per heavy atom. The molecule has 0 fully saturated rings. The molecule has 43 heavy (non-hydrogen) atoms. The Morgan fingerprint density at radius 3 is 2.58 bits per heavy atom. The largest absolute Gasteiger partial charge is 0.492 e. The van der Waals surface area contributed by atoms with Crippen LogP contribution in [0.1, 0.15) is 58.2 Å². The zero-order valence-electron chi connectivity index (χ0n) is 24.7. The number of hydrogen-bond acceptors (Lipinski definition) is 6. The summed E-state index contributed by atoms with van der Waals surface area (Å²) in [6.07, 6.45) is 2.90. The molecule has 7 nitrogen and oxygen atoms in total. The number of hydrogen-bond donors (Lipinski definition) is 0. The lowest BCUT2D eigenvalue weighted by Crippen LogP contribution is -2.15. The van der Waals surface area contributed by atoms with E-state index in [0.29, 0.717) is 48.9 Å². The Balaban J connectivity index is 1.22. The minimum absolute atomic E-state index is 0.0561. The van der Waals surface area contributed by atoms with Crippen LogP contribution < -0.4 is 19.8 Å². The van der Waals surface area contributed by atoms with E-state index in [9.17, 15) is 9.59 Å². The van der Waals surface area contributed by atoms with Crippen molar-refractivity contribution in [2.24, 2.45) is 7.05 Å². The van der Waals surface area contributed by atoms with E-state index < -0.39 is 6.10 Å². The van der Waals surface area contributed by atoms with Crippen molar-refractivity contribution >= 4 is 5.97 Å². The molecule has 0 amide bonds. The number of nitrogens with zero attached hydrogens (tertiary/aromatic N) is 1. The summed E-state index contributed by atoms with van der Waals surface area (Å²) in [7, 11) is 3.09. The maximum absolute atomic E-state index is 15.4. The highest BCUT2D eigenvalue weighted by atomic mass is 19.1. The molecule has 2 atom stereocenters. The summed E-state index contributed by atoms with van der Waals surface area (Å²) in [5.74, 6) is 1.39.